The quantitative estimate of drug-likeness (QED) is 0.264. The number of ether oxygens (including phenoxy) is 4. The summed E-state index contributed by atoms with van der Waals surface area (Å²) in [5.41, 5.74) is -1.50. The molecular formula is C36H64N2O8. The van der Waals surface area contributed by atoms with Gasteiger partial charge in [-0.3, -0.25) is 4.79 Å². The van der Waals surface area contributed by atoms with Gasteiger partial charge in [-0.1, -0.05) is 39.8 Å². The molecule has 5 fully saturated rings. The molecule has 0 aromatic carbocycles. The first-order valence-corrected chi connectivity index (χ1v) is 17.7. The van der Waals surface area contributed by atoms with Crippen LogP contribution in [0.3, 0.4) is 0 Å². The SMILES string of the molecule is C=C1CC[C@@H]2[C@@H](C)CN[C@H](C)C[C@@]3(CC3(C)[C@H](O[C@@H]3O[C@H](C)C[C@H](N(C)C)[C@H]3O)[C@@H](C)[C@H](O)[C@@H](C)C(=O)O[C@H](CC)[C@@]2(C)O)OC1. The summed E-state index contributed by atoms with van der Waals surface area (Å²) in [5, 5.41) is 39.1. The zero-order valence-corrected chi connectivity index (χ0v) is 30.1. The summed E-state index contributed by atoms with van der Waals surface area (Å²) in [6.45, 7) is 21.1. The standard InChI is InChI=1S/C36H64N2O8/c1-12-28-35(9,42)26-14-13-20(2)18-43-36(16-22(4)37-17-21(26)3)19-34(36,8)31(24(6)29(39)25(7)32(41)45-28)46-33-30(40)27(38(10)11)15-23(5)44-33/h21-31,33,37,39-40,42H,2,12-19H2,1,3-11H3/t21-,22+,23+,24-,25+,26+,27-,28+,29-,30+,31+,33-,34?,35-,36-/m0/s1. The Morgan fingerprint density at radius 3 is 2.41 bits per heavy atom. The second-order valence-corrected chi connectivity index (χ2v) is 16.1. The molecule has 10 heteroatoms. The Balaban J connectivity index is 1.80. The number of rotatable bonds is 4. The van der Waals surface area contributed by atoms with E-state index in [0.717, 1.165) is 5.57 Å². The van der Waals surface area contributed by atoms with Crippen molar-refractivity contribution in [1.29, 1.82) is 0 Å². The van der Waals surface area contributed by atoms with Gasteiger partial charge in [0.2, 0.25) is 0 Å². The summed E-state index contributed by atoms with van der Waals surface area (Å²) in [6.07, 6.45) is -0.647. The van der Waals surface area contributed by atoms with Crippen LogP contribution in [0.1, 0.15) is 93.9 Å². The van der Waals surface area contributed by atoms with Crippen LogP contribution in [0.15, 0.2) is 12.2 Å². The number of aliphatic hydroxyl groups is 3. The highest BCUT2D eigenvalue weighted by Crippen LogP contribution is 2.66. The first-order valence-electron chi connectivity index (χ1n) is 17.7. The van der Waals surface area contributed by atoms with E-state index in [9.17, 15) is 20.1 Å². The van der Waals surface area contributed by atoms with E-state index in [2.05, 4.69) is 32.7 Å². The topological polar surface area (TPSA) is 130 Å². The van der Waals surface area contributed by atoms with Gasteiger partial charge in [0.1, 0.15) is 17.8 Å². The number of aliphatic hydroxyl groups excluding tert-OH is 2. The van der Waals surface area contributed by atoms with Crippen molar-refractivity contribution >= 4 is 5.97 Å². The lowest BCUT2D eigenvalue weighted by molar-refractivity contribution is -0.288. The van der Waals surface area contributed by atoms with E-state index in [0.29, 0.717) is 51.7 Å². The Bertz CT molecular complexity index is 1070. The highest BCUT2D eigenvalue weighted by Gasteiger charge is 2.71. The van der Waals surface area contributed by atoms with E-state index < -0.39 is 65.1 Å². The van der Waals surface area contributed by atoms with Crippen LogP contribution in [0.25, 0.3) is 0 Å². The predicted octanol–water partition coefficient (Wildman–Crippen LogP) is 3.65. The lowest BCUT2D eigenvalue weighted by atomic mass is 9.72. The average molecular weight is 653 g/mol. The molecule has 4 N–H and O–H groups in total. The highest BCUT2D eigenvalue weighted by atomic mass is 16.7. The van der Waals surface area contributed by atoms with Crippen LogP contribution in [-0.4, -0.2) is 114 Å². The number of nitrogens with zero attached hydrogens (tertiary/aromatic N) is 1. The summed E-state index contributed by atoms with van der Waals surface area (Å²) < 4.78 is 26.0. The van der Waals surface area contributed by atoms with Crippen LogP contribution in [0.5, 0.6) is 0 Å². The van der Waals surface area contributed by atoms with Crippen LogP contribution in [-0.2, 0) is 23.7 Å². The van der Waals surface area contributed by atoms with E-state index in [1.54, 1.807) is 13.8 Å². The molecule has 0 aromatic heterocycles. The summed E-state index contributed by atoms with van der Waals surface area (Å²) in [4.78, 5) is 15.7. The molecule has 46 heavy (non-hydrogen) atoms. The smallest absolute Gasteiger partial charge is 0.311 e. The normalized spacial score (nSPS) is 49.9. The summed E-state index contributed by atoms with van der Waals surface area (Å²) in [5.74, 6) is -2.06. The Kier molecular flexibility index (Phi) is 11.8. The lowest BCUT2D eigenvalue weighted by Crippen LogP contribution is -2.57. The monoisotopic (exact) mass is 652 g/mol. The Morgan fingerprint density at radius 1 is 1.11 bits per heavy atom. The summed E-state index contributed by atoms with van der Waals surface area (Å²) in [6, 6.07) is -0.0745. The molecule has 4 aliphatic heterocycles. The van der Waals surface area contributed by atoms with Crippen LogP contribution in [0, 0.1) is 29.1 Å². The second-order valence-electron chi connectivity index (χ2n) is 16.1. The number of hydrogen-bond donors (Lipinski definition) is 4. The second kappa shape index (κ2) is 14.4. The molecule has 15 atom stereocenters. The molecule has 1 aliphatic carbocycles. The lowest BCUT2D eigenvalue weighted by Gasteiger charge is -2.46. The van der Waals surface area contributed by atoms with Crippen molar-refractivity contribution in [2.45, 2.75) is 154 Å². The molecule has 0 aromatic rings. The van der Waals surface area contributed by atoms with Crippen LogP contribution in [0.4, 0.5) is 0 Å². The molecule has 0 radical (unpaired) electrons. The zero-order chi connectivity index (χ0) is 34.4. The third-order valence-electron chi connectivity index (χ3n) is 12.2. The third kappa shape index (κ3) is 7.39. The van der Waals surface area contributed by atoms with E-state index in [4.69, 9.17) is 18.9 Å². The predicted molar refractivity (Wildman–Crippen MR) is 177 cm³/mol. The molecule has 266 valence electrons. The van der Waals surface area contributed by atoms with Crippen molar-refractivity contribution in [3.63, 3.8) is 0 Å². The Morgan fingerprint density at radius 2 is 1.78 bits per heavy atom. The van der Waals surface area contributed by atoms with E-state index in [1.807, 2.05) is 39.8 Å². The van der Waals surface area contributed by atoms with Gasteiger partial charge in [0.25, 0.3) is 0 Å². The fourth-order valence-corrected chi connectivity index (χ4v) is 8.94. The third-order valence-corrected chi connectivity index (χ3v) is 12.2. The Labute approximate surface area is 277 Å². The van der Waals surface area contributed by atoms with Gasteiger partial charge in [-0.25, -0.2) is 0 Å². The van der Waals surface area contributed by atoms with Crippen molar-refractivity contribution in [1.82, 2.24) is 10.2 Å². The van der Waals surface area contributed by atoms with E-state index >= 15 is 0 Å². The number of likely N-dealkylation sites (N-methyl/N-ethyl adjacent to an activating group) is 1. The summed E-state index contributed by atoms with van der Waals surface area (Å²) in [7, 11) is 3.88. The molecule has 4 saturated heterocycles. The molecular weight excluding hydrogens is 588 g/mol. The fourth-order valence-electron chi connectivity index (χ4n) is 8.94. The van der Waals surface area contributed by atoms with Gasteiger partial charge in [0, 0.05) is 23.4 Å². The van der Waals surface area contributed by atoms with Crippen molar-refractivity contribution in [3.05, 3.63) is 12.2 Å². The maximum absolute atomic E-state index is 13.7. The molecule has 4 heterocycles. The van der Waals surface area contributed by atoms with Crippen LogP contribution in [0.2, 0.25) is 0 Å². The summed E-state index contributed by atoms with van der Waals surface area (Å²) >= 11 is 0. The number of nitrogens with one attached hydrogen (secondary N) is 1. The number of fused-ring (bicyclic) bond motifs is 15. The maximum Gasteiger partial charge on any atom is 0.311 e. The first kappa shape index (κ1) is 37.7. The van der Waals surface area contributed by atoms with Gasteiger partial charge in [0.15, 0.2) is 6.29 Å². The molecule has 5 rings (SSSR count). The molecule has 2 bridgehead atoms. The number of hydrogen-bond acceptors (Lipinski definition) is 10. The maximum atomic E-state index is 13.7. The largest absolute Gasteiger partial charge is 0.459 e. The minimum absolute atomic E-state index is 0.0866. The van der Waals surface area contributed by atoms with Gasteiger partial charge in [-0.15, -0.1) is 0 Å². The van der Waals surface area contributed by atoms with E-state index in [1.165, 1.54) is 0 Å². The van der Waals surface area contributed by atoms with Crippen molar-refractivity contribution < 1.29 is 39.1 Å². The number of carbonyl (C=O) groups is 1. The molecule has 5 aliphatic rings. The molecule has 0 amide bonds. The van der Waals surface area contributed by atoms with Gasteiger partial charge < -0.3 is 44.5 Å². The highest BCUT2D eigenvalue weighted by molar-refractivity contribution is 5.73. The zero-order valence-electron chi connectivity index (χ0n) is 30.1. The van der Waals surface area contributed by atoms with Gasteiger partial charge in [-0.05, 0) is 98.7 Å². The van der Waals surface area contributed by atoms with Gasteiger partial charge in [-0.2, -0.15) is 0 Å². The molecule has 10 nitrogen and oxygen atoms in total. The van der Waals surface area contributed by atoms with Gasteiger partial charge in [0.05, 0.1) is 36.4 Å². The first-order chi connectivity index (χ1) is 21.4. The molecule has 1 spiro atoms. The molecule has 1 saturated carbocycles. The number of carbonyl (C=O) groups excluding carboxylic acids is 1. The van der Waals surface area contributed by atoms with Crippen LogP contribution >= 0.6 is 0 Å². The molecule has 1 unspecified atom stereocenters. The fraction of sp³-hybridized carbons (Fsp3) is 0.917. The minimum atomic E-state index is -1.30. The Hall–Kier alpha value is -1.11. The van der Waals surface area contributed by atoms with E-state index in [-0.39, 0.29) is 30.0 Å². The van der Waals surface area contributed by atoms with Gasteiger partial charge >= 0.3 is 5.97 Å². The van der Waals surface area contributed by atoms with Crippen molar-refractivity contribution in [2.24, 2.45) is 29.1 Å². The van der Waals surface area contributed by atoms with Crippen molar-refractivity contribution in [3.8, 4) is 0 Å². The minimum Gasteiger partial charge on any atom is -0.459 e. The number of esters is 1. The van der Waals surface area contributed by atoms with Crippen LogP contribution < -0.4 is 5.32 Å². The average Bonchev–Trinajstić information content (AvgIpc) is 3.58. The van der Waals surface area contributed by atoms with Crippen molar-refractivity contribution in [2.75, 3.05) is 27.2 Å².